The molecule has 1 aliphatic rings. The Balaban J connectivity index is 1.94. The number of carbonyl (C=O) groups is 1. The van der Waals surface area contributed by atoms with Gasteiger partial charge in [-0.25, -0.2) is 4.39 Å². The Hall–Kier alpha value is -1.38. The van der Waals surface area contributed by atoms with Gasteiger partial charge >= 0.3 is 0 Å². The van der Waals surface area contributed by atoms with Gasteiger partial charge in [0.15, 0.2) is 0 Å². The van der Waals surface area contributed by atoms with Crippen molar-refractivity contribution >= 4 is 5.91 Å². The van der Waals surface area contributed by atoms with Crippen molar-refractivity contribution < 1.29 is 9.18 Å². The molecular weight excluding hydrogens is 217 g/mol. The Morgan fingerprint density at radius 2 is 2.12 bits per heavy atom. The minimum absolute atomic E-state index is 0.0956. The molecule has 92 valence electrons. The molecule has 0 aromatic heterocycles. The Labute approximate surface area is 101 Å². The average Bonchev–Trinajstić information content (AvgIpc) is 2.57. The first-order valence-corrected chi connectivity index (χ1v) is 6.11. The van der Waals surface area contributed by atoms with Gasteiger partial charge in [0.2, 0.25) is 5.91 Å². The summed E-state index contributed by atoms with van der Waals surface area (Å²) >= 11 is 0. The van der Waals surface area contributed by atoms with E-state index < -0.39 is 0 Å². The molecule has 0 spiro atoms. The van der Waals surface area contributed by atoms with Gasteiger partial charge in [0.1, 0.15) is 5.82 Å². The molecule has 0 heterocycles. The summed E-state index contributed by atoms with van der Waals surface area (Å²) in [6.07, 6.45) is 2.12. The Kier molecular flexibility index (Phi) is 3.46. The van der Waals surface area contributed by atoms with E-state index in [0.717, 1.165) is 24.0 Å². The molecule has 1 aromatic carbocycles. The van der Waals surface area contributed by atoms with E-state index >= 15 is 0 Å². The van der Waals surface area contributed by atoms with Crippen molar-refractivity contribution in [3.8, 4) is 0 Å². The van der Waals surface area contributed by atoms with Gasteiger partial charge in [-0.2, -0.15) is 0 Å². The van der Waals surface area contributed by atoms with E-state index in [0.29, 0.717) is 12.3 Å². The number of carbonyl (C=O) groups excluding carboxylic acids is 1. The van der Waals surface area contributed by atoms with Gasteiger partial charge in [0, 0.05) is 12.5 Å². The number of benzene rings is 1. The van der Waals surface area contributed by atoms with Gasteiger partial charge in [-0.1, -0.05) is 19.9 Å². The fourth-order valence-corrected chi connectivity index (χ4v) is 2.35. The van der Waals surface area contributed by atoms with Crippen molar-refractivity contribution in [3.63, 3.8) is 0 Å². The van der Waals surface area contributed by atoms with Crippen molar-refractivity contribution in [3.05, 3.63) is 35.1 Å². The maximum atomic E-state index is 13.0. The second-order valence-electron chi connectivity index (χ2n) is 5.18. The van der Waals surface area contributed by atoms with Crippen LogP contribution in [0.15, 0.2) is 18.2 Å². The lowest BCUT2D eigenvalue weighted by Crippen LogP contribution is -2.35. The number of fused-ring (bicyclic) bond motifs is 1. The lowest BCUT2D eigenvalue weighted by Gasteiger charge is -2.13. The van der Waals surface area contributed by atoms with Crippen LogP contribution in [0.4, 0.5) is 4.39 Å². The number of hydrogen-bond donors (Lipinski definition) is 1. The molecule has 1 amide bonds. The van der Waals surface area contributed by atoms with Crippen LogP contribution in [0.3, 0.4) is 0 Å². The van der Waals surface area contributed by atoms with Gasteiger partial charge < -0.3 is 5.32 Å². The smallest absolute Gasteiger partial charge is 0.220 e. The minimum atomic E-state index is -0.196. The first-order chi connectivity index (χ1) is 8.04. The first-order valence-electron chi connectivity index (χ1n) is 6.11. The molecule has 1 aromatic rings. The molecule has 17 heavy (non-hydrogen) atoms. The molecule has 0 fully saturated rings. The summed E-state index contributed by atoms with van der Waals surface area (Å²) < 4.78 is 13.0. The van der Waals surface area contributed by atoms with Crippen LogP contribution in [-0.2, 0) is 17.6 Å². The van der Waals surface area contributed by atoms with Crippen molar-refractivity contribution in [2.75, 3.05) is 0 Å². The molecule has 0 saturated heterocycles. The number of nitrogens with one attached hydrogen (secondary N) is 1. The third-order valence-electron chi connectivity index (χ3n) is 3.06. The van der Waals surface area contributed by atoms with E-state index in [1.165, 1.54) is 6.07 Å². The molecule has 1 N–H and O–H groups in total. The van der Waals surface area contributed by atoms with Gasteiger partial charge in [0.05, 0.1) is 0 Å². The Morgan fingerprint density at radius 3 is 2.82 bits per heavy atom. The van der Waals surface area contributed by atoms with Crippen LogP contribution in [0, 0.1) is 11.7 Å². The van der Waals surface area contributed by atoms with Crippen LogP contribution in [0.25, 0.3) is 0 Å². The van der Waals surface area contributed by atoms with Crippen LogP contribution in [0.5, 0.6) is 0 Å². The van der Waals surface area contributed by atoms with Crippen LogP contribution in [0.2, 0.25) is 0 Å². The summed E-state index contributed by atoms with van der Waals surface area (Å²) in [5, 5.41) is 3.02. The predicted molar refractivity (Wildman–Crippen MR) is 65.2 cm³/mol. The highest BCUT2D eigenvalue weighted by atomic mass is 19.1. The monoisotopic (exact) mass is 235 g/mol. The van der Waals surface area contributed by atoms with Gasteiger partial charge in [-0.05, 0) is 42.0 Å². The fraction of sp³-hybridized carbons (Fsp3) is 0.500. The molecule has 0 radical (unpaired) electrons. The quantitative estimate of drug-likeness (QED) is 0.856. The van der Waals surface area contributed by atoms with Gasteiger partial charge in [0.25, 0.3) is 0 Å². The average molecular weight is 235 g/mol. The topological polar surface area (TPSA) is 29.1 Å². The molecule has 0 aliphatic heterocycles. The van der Waals surface area contributed by atoms with E-state index in [9.17, 15) is 9.18 Å². The number of rotatable bonds is 3. The summed E-state index contributed by atoms with van der Waals surface area (Å²) in [6, 6.07) is 5.01. The lowest BCUT2D eigenvalue weighted by atomic mass is 10.1. The summed E-state index contributed by atoms with van der Waals surface area (Å²) in [7, 11) is 0. The summed E-state index contributed by atoms with van der Waals surface area (Å²) in [5.74, 6) is 0.271. The number of hydrogen-bond acceptors (Lipinski definition) is 1. The van der Waals surface area contributed by atoms with Gasteiger partial charge in [-0.15, -0.1) is 0 Å². The first kappa shape index (κ1) is 12.1. The zero-order chi connectivity index (χ0) is 12.4. The van der Waals surface area contributed by atoms with Crippen LogP contribution in [0.1, 0.15) is 31.4 Å². The van der Waals surface area contributed by atoms with Crippen molar-refractivity contribution in [1.82, 2.24) is 5.32 Å². The van der Waals surface area contributed by atoms with Crippen LogP contribution >= 0.6 is 0 Å². The molecule has 1 unspecified atom stereocenters. The van der Waals surface area contributed by atoms with Crippen molar-refractivity contribution in [2.45, 2.75) is 39.2 Å². The summed E-state index contributed by atoms with van der Waals surface area (Å²) in [5.41, 5.74) is 2.18. The zero-order valence-corrected chi connectivity index (χ0v) is 10.3. The summed E-state index contributed by atoms with van der Waals surface area (Å²) in [6.45, 7) is 4.05. The minimum Gasteiger partial charge on any atom is -0.353 e. The Bertz CT molecular complexity index is 428. The third-order valence-corrected chi connectivity index (χ3v) is 3.06. The maximum absolute atomic E-state index is 13.0. The number of halogens is 1. The van der Waals surface area contributed by atoms with Gasteiger partial charge in [-0.3, -0.25) is 4.79 Å². The highest BCUT2D eigenvalue weighted by Crippen LogP contribution is 2.23. The fourth-order valence-electron chi connectivity index (χ4n) is 2.35. The molecule has 3 heteroatoms. The zero-order valence-electron chi connectivity index (χ0n) is 10.3. The SMILES string of the molecule is CC(C)CC(=O)NC1Cc2ccc(F)cc2C1. The second kappa shape index (κ2) is 4.86. The predicted octanol–water partition coefficient (Wildman–Crippen LogP) is 2.46. The van der Waals surface area contributed by atoms with Crippen LogP contribution < -0.4 is 5.32 Å². The third kappa shape index (κ3) is 3.05. The maximum Gasteiger partial charge on any atom is 0.220 e. The Morgan fingerprint density at radius 1 is 1.41 bits per heavy atom. The van der Waals surface area contributed by atoms with Crippen molar-refractivity contribution in [2.24, 2.45) is 5.92 Å². The summed E-state index contributed by atoms with van der Waals surface area (Å²) in [4.78, 5) is 11.6. The van der Waals surface area contributed by atoms with E-state index in [4.69, 9.17) is 0 Å². The lowest BCUT2D eigenvalue weighted by molar-refractivity contribution is -0.122. The number of amides is 1. The largest absolute Gasteiger partial charge is 0.353 e. The molecule has 1 aliphatic carbocycles. The highest BCUT2D eigenvalue weighted by Gasteiger charge is 2.23. The molecule has 0 saturated carbocycles. The normalized spacial score (nSPS) is 18.2. The van der Waals surface area contributed by atoms with E-state index in [1.54, 1.807) is 6.07 Å². The molecule has 2 rings (SSSR count). The molecular formula is C14H18FNO. The highest BCUT2D eigenvalue weighted by molar-refractivity contribution is 5.76. The molecule has 1 atom stereocenters. The standard InChI is InChI=1S/C14H18FNO/c1-9(2)5-14(17)16-13-7-10-3-4-12(15)6-11(10)8-13/h3-4,6,9,13H,5,7-8H2,1-2H3,(H,16,17). The molecule has 2 nitrogen and oxygen atoms in total. The van der Waals surface area contributed by atoms with E-state index in [-0.39, 0.29) is 17.8 Å². The van der Waals surface area contributed by atoms with E-state index in [1.807, 2.05) is 19.9 Å². The molecule has 0 bridgehead atoms. The van der Waals surface area contributed by atoms with E-state index in [2.05, 4.69) is 5.32 Å². The van der Waals surface area contributed by atoms with Crippen molar-refractivity contribution in [1.29, 1.82) is 0 Å². The van der Waals surface area contributed by atoms with Crippen LogP contribution in [-0.4, -0.2) is 11.9 Å². The second-order valence-corrected chi connectivity index (χ2v) is 5.18.